The zero-order valence-corrected chi connectivity index (χ0v) is 78.5. The lowest BCUT2D eigenvalue weighted by molar-refractivity contribution is 0.295. The fourth-order valence-electron chi connectivity index (χ4n) is 17.4. The van der Waals surface area contributed by atoms with E-state index in [4.69, 9.17) is 67.8 Å². The normalized spacial score (nSPS) is 11.9. The molecule has 8 bridgehead atoms. The summed E-state index contributed by atoms with van der Waals surface area (Å²) in [5, 5.41) is 3.05. The van der Waals surface area contributed by atoms with Gasteiger partial charge in [0.05, 0.1) is 96.7 Å². The summed E-state index contributed by atoms with van der Waals surface area (Å²) in [6.07, 6.45) is 54.0. The van der Waals surface area contributed by atoms with Crippen molar-refractivity contribution in [1.82, 2.24) is 39.9 Å². The minimum absolute atomic E-state index is 0.434. The van der Waals surface area contributed by atoms with Crippen LogP contribution in [0, 0.1) is 55.4 Å². The van der Waals surface area contributed by atoms with Gasteiger partial charge in [0.25, 0.3) is 0 Å². The zero-order valence-electron chi connectivity index (χ0n) is 78.5. The summed E-state index contributed by atoms with van der Waals surface area (Å²) < 4.78 is 59.0. The molecule has 2 aliphatic rings. The SMILES string of the molecule is CCCCCCCCOc1c(C)c(C)c(OCCCCCCCC)c2c1-c1nc-2nc2[nH]c(nc3nc(nc4[nH]c(n1)c1c(OCCCCCCCC)c(C)c(C)c(OCCCCCCCC)c41)-c1c(OCCCCCCCC)c(C)c(C)c(OCCCCCCCC)c1-3)c1c(OCCCCCCCC)c(C)c(C)c(OCCCCCCCC)c21. The number of aromatic nitrogens is 8. The highest BCUT2D eigenvalue weighted by Gasteiger charge is 2.37. The van der Waals surface area contributed by atoms with Crippen LogP contribution in [0.4, 0.5) is 0 Å². The van der Waals surface area contributed by atoms with E-state index < -0.39 is 0 Å². The van der Waals surface area contributed by atoms with E-state index in [1.54, 1.807) is 0 Å². The summed E-state index contributed by atoms with van der Waals surface area (Å²) in [5.41, 5.74) is 12.9. The third-order valence-electron chi connectivity index (χ3n) is 25.4. The lowest BCUT2D eigenvalue weighted by Gasteiger charge is -2.20. The Hall–Kier alpha value is -7.36. The molecule has 0 saturated heterocycles. The van der Waals surface area contributed by atoms with Crippen LogP contribution in [0.5, 0.6) is 46.0 Å². The smallest absolute Gasteiger partial charge is 0.168 e. The fourth-order valence-corrected chi connectivity index (χ4v) is 17.4. The molecule has 666 valence electrons. The number of hydrogen-bond acceptors (Lipinski definition) is 14. The predicted molar refractivity (Wildman–Crippen MR) is 505 cm³/mol. The second-order valence-electron chi connectivity index (χ2n) is 35.2. The average Bonchev–Trinajstić information content (AvgIpc) is 1.56. The minimum Gasteiger partial charge on any atom is -0.493 e. The van der Waals surface area contributed by atoms with Crippen molar-refractivity contribution in [3.8, 4) is 91.5 Å². The van der Waals surface area contributed by atoms with Crippen LogP contribution in [-0.4, -0.2) is 92.7 Å². The quantitative estimate of drug-likeness (QED) is 0.0343. The molecule has 2 N–H and O–H groups in total. The molecule has 7 aromatic rings. The Morgan fingerprint density at radius 2 is 0.300 bits per heavy atom. The first-order valence-corrected chi connectivity index (χ1v) is 49.3. The van der Waals surface area contributed by atoms with Crippen LogP contribution < -0.4 is 37.9 Å². The van der Waals surface area contributed by atoms with Crippen molar-refractivity contribution < 1.29 is 37.9 Å². The first kappa shape index (κ1) is 96.5. The van der Waals surface area contributed by atoms with Gasteiger partial charge in [0.15, 0.2) is 23.3 Å². The molecule has 5 heterocycles. The molecule has 0 spiro atoms. The van der Waals surface area contributed by atoms with Crippen LogP contribution in [0.1, 0.15) is 408 Å². The molecule has 3 aromatic heterocycles. The molecule has 2 aliphatic heterocycles. The lowest BCUT2D eigenvalue weighted by Crippen LogP contribution is -2.07. The summed E-state index contributed by atoms with van der Waals surface area (Å²) in [7, 11) is 0. The summed E-state index contributed by atoms with van der Waals surface area (Å²) in [6.45, 7) is 39.9. The topological polar surface area (TPSA) is 183 Å². The summed E-state index contributed by atoms with van der Waals surface area (Å²) in [4.78, 5) is 43.9. The second kappa shape index (κ2) is 53.0. The van der Waals surface area contributed by atoms with Gasteiger partial charge in [-0.2, -0.15) is 0 Å². The maximum Gasteiger partial charge on any atom is 0.168 e. The van der Waals surface area contributed by atoms with Gasteiger partial charge in [-0.15, -0.1) is 0 Å². The van der Waals surface area contributed by atoms with E-state index >= 15 is 0 Å². The van der Waals surface area contributed by atoms with Crippen molar-refractivity contribution in [2.24, 2.45) is 0 Å². The first-order chi connectivity index (χ1) is 58.7. The fraction of sp³-hybridized carbons (Fsp3) is 0.692. The maximum absolute atomic E-state index is 7.38. The molecular formula is C104H162N8O8. The van der Waals surface area contributed by atoms with Gasteiger partial charge in [-0.25, -0.2) is 29.9 Å². The van der Waals surface area contributed by atoms with E-state index in [-0.39, 0.29) is 0 Å². The highest BCUT2D eigenvalue weighted by atomic mass is 16.5. The van der Waals surface area contributed by atoms with Crippen molar-refractivity contribution in [2.75, 3.05) is 52.9 Å². The van der Waals surface area contributed by atoms with E-state index in [1.807, 2.05) is 0 Å². The predicted octanol–water partition coefficient (Wildman–Crippen LogP) is 31.3. The van der Waals surface area contributed by atoms with E-state index in [2.05, 4.69) is 121 Å². The van der Waals surface area contributed by atoms with Crippen molar-refractivity contribution in [3.63, 3.8) is 0 Å². The third kappa shape index (κ3) is 26.4. The highest BCUT2D eigenvalue weighted by molar-refractivity contribution is 6.15. The van der Waals surface area contributed by atoms with Crippen LogP contribution in [0.15, 0.2) is 0 Å². The Morgan fingerprint density at radius 1 is 0.167 bits per heavy atom. The number of benzene rings is 4. The molecule has 4 aromatic carbocycles. The number of nitrogens with zero attached hydrogens (tertiary/aromatic N) is 6. The van der Waals surface area contributed by atoms with Gasteiger partial charge in [0.2, 0.25) is 0 Å². The monoisotopic (exact) mass is 1650 g/mol. The van der Waals surface area contributed by atoms with Gasteiger partial charge >= 0.3 is 0 Å². The minimum atomic E-state index is 0.434. The van der Waals surface area contributed by atoms with Crippen LogP contribution >= 0.6 is 0 Å². The number of unbranched alkanes of at least 4 members (excludes halogenated alkanes) is 40. The van der Waals surface area contributed by atoms with Crippen molar-refractivity contribution in [2.45, 2.75) is 419 Å². The molecule has 0 atom stereocenters. The molecule has 0 amide bonds. The number of ether oxygens (including phenoxy) is 8. The highest BCUT2D eigenvalue weighted by Crippen LogP contribution is 2.55. The van der Waals surface area contributed by atoms with E-state index in [9.17, 15) is 0 Å². The van der Waals surface area contributed by atoms with Gasteiger partial charge in [-0.05, 0) is 151 Å². The van der Waals surface area contributed by atoms with Gasteiger partial charge in [-0.1, -0.05) is 312 Å². The lowest BCUT2D eigenvalue weighted by atomic mass is 9.96. The summed E-state index contributed by atoms with van der Waals surface area (Å²) in [5.74, 6) is 7.59. The zero-order chi connectivity index (χ0) is 85.4. The average molecular weight is 1650 g/mol. The Kier molecular flexibility index (Phi) is 42.6. The van der Waals surface area contributed by atoms with Gasteiger partial charge < -0.3 is 47.9 Å². The van der Waals surface area contributed by atoms with Crippen molar-refractivity contribution >= 4 is 44.1 Å². The Labute approximate surface area is 725 Å². The van der Waals surface area contributed by atoms with E-state index in [0.717, 1.165) is 288 Å². The Bertz CT molecular complexity index is 3900. The molecule has 120 heavy (non-hydrogen) atoms. The standard InChI is InChI=1S/C104H162N8O8/c1-17-25-33-41-49-57-65-113-89-73(9)74(10)90(114-66-58-50-42-34-26-18-2)82-81(89)97-105-98(82)110-100-85-86(94(118-70-62-54-46-38-30-22-6)78(14)77(13)93(85)117-69-61-53-45-37-29-21-5)102(107-100)112-104-88-87(95(119-71-63-55-47-39-31-23-7)79(15)80(16)96(88)120-72-64-56-48-40-32-24-8)103(108-104)111-101-84-83(99(106-101)109-97)91(115-67-59-51-43-35-27-19-3)75(11)76(12)92(84)116-68-60-52-44-36-28-20-4/h17-72H2,1-16H3,(H2,105,106,107,108,109,110,111,112). The Balaban J connectivity index is 1.50. The number of rotatable bonds is 64. The number of aromatic amines is 2. The van der Waals surface area contributed by atoms with Crippen LogP contribution in [-0.2, 0) is 0 Å². The molecule has 0 radical (unpaired) electrons. The molecule has 16 nitrogen and oxygen atoms in total. The van der Waals surface area contributed by atoms with Gasteiger partial charge in [-0.3, -0.25) is 0 Å². The third-order valence-corrected chi connectivity index (χ3v) is 25.4. The molecule has 0 unspecified atom stereocenters. The van der Waals surface area contributed by atoms with Gasteiger partial charge in [0, 0.05) is 0 Å². The van der Waals surface area contributed by atoms with E-state index in [1.165, 1.54) is 154 Å². The summed E-state index contributed by atoms with van der Waals surface area (Å²) in [6, 6.07) is 0. The first-order valence-electron chi connectivity index (χ1n) is 49.3. The largest absolute Gasteiger partial charge is 0.493 e. The summed E-state index contributed by atoms with van der Waals surface area (Å²) >= 11 is 0. The molecule has 0 saturated carbocycles. The molecule has 0 aliphatic carbocycles. The van der Waals surface area contributed by atoms with Crippen LogP contribution in [0.3, 0.4) is 0 Å². The maximum atomic E-state index is 7.38. The number of hydrogen-bond donors (Lipinski definition) is 2. The van der Waals surface area contributed by atoms with Crippen molar-refractivity contribution in [1.29, 1.82) is 0 Å². The molecule has 0 fully saturated rings. The number of H-pyrrole nitrogens is 2. The van der Waals surface area contributed by atoms with Gasteiger partial charge in [0.1, 0.15) is 68.6 Å². The Morgan fingerprint density at radius 3 is 0.458 bits per heavy atom. The molecular weight excluding hydrogens is 1490 g/mol. The molecule has 16 heteroatoms. The second-order valence-corrected chi connectivity index (χ2v) is 35.2. The van der Waals surface area contributed by atoms with Crippen LogP contribution in [0.25, 0.3) is 89.7 Å². The van der Waals surface area contributed by atoms with Crippen LogP contribution in [0.2, 0.25) is 0 Å². The number of fused-ring (bicyclic) bond motifs is 20. The molecule has 9 rings (SSSR count). The van der Waals surface area contributed by atoms with E-state index in [0.29, 0.717) is 98.7 Å². The van der Waals surface area contributed by atoms with Crippen molar-refractivity contribution in [3.05, 3.63) is 44.5 Å². The number of nitrogens with one attached hydrogen (secondary N) is 2.